The maximum absolute atomic E-state index is 11.0. The van der Waals surface area contributed by atoms with E-state index in [1.165, 1.54) is 206 Å². The van der Waals surface area contributed by atoms with Crippen LogP contribution in [0.2, 0.25) is 0 Å². The van der Waals surface area contributed by atoms with Gasteiger partial charge in [0.25, 0.3) is 0 Å². The van der Waals surface area contributed by atoms with Crippen LogP contribution in [0, 0.1) is 55.8 Å². The van der Waals surface area contributed by atoms with Crippen LogP contribution in [0.5, 0.6) is 0 Å². The van der Waals surface area contributed by atoms with Gasteiger partial charge in [0.2, 0.25) is 11.8 Å². The topological polar surface area (TPSA) is 99.3 Å². The van der Waals surface area contributed by atoms with Gasteiger partial charge in [-0.15, -0.1) is 0 Å². The summed E-state index contributed by atoms with van der Waals surface area (Å²) in [6.45, 7) is 47.2. The van der Waals surface area contributed by atoms with Crippen LogP contribution in [0.4, 0.5) is 0 Å². The summed E-state index contributed by atoms with van der Waals surface area (Å²) in [5.74, 6) is 6.53. The molecular formula is C77H174N4O3Y-2. The molecule has 0 saturated carbocycles. The van der Waals surface area contributed by atoms with E-state index in [4.69, 9.17) is 0 Å². The summed E-state index contributed by atoms with van der Waals surface area (Å²) in [7, 11) is 4.04. The Morgan fingerprint density at radius 2 is 0.518 bits per heavy atom. The van der Waals surface area contributed by atoms with Crippen molar-refractivity contribution in [1.82, 2.24) is 21.3 Å². The fourth-order valence-corrected chi connectivity index (χ4v) is 8.10. The smallest absolute Gasteiger partial charge is 0.219 e. The number of amides is 2. The molecule has 4 N–H and O–H groups in total. The molecule has 1 radical (unpaired) electrons. The second-order valence-electron chi connectivity index (χ2n) is 25.9. The molecule has 85 heavy (non-hydrogen) atoms. The van der Waals surface area contributed by atoms with Gasteiger partial charge in [0.1, 0.15) is 5.78 Å². The van der Waals surface area contributed by atoms with Crippen molar-refractivity contribution in [1.29, 1.82) is 0 Å². The average Bonchev–Trinajstić information content (AvgIpc) is 3.38. The zero-order valence-corrected chi connectivity index (χ0v) is 62.9. The third kappa shape index (κ3) is 157. The maximum Gasteiger partial charge on any atom is 0.219 e. The molecule has 0 fully saturated rings. The molecule has 0 aliphatic carbocycles. The zero-order valence-electron chi connectivity index (χ0n) is 60.0. The Balaban J connectivity index is -0.0000000650. The number of Topliss-reactive ketones (excluding diaryl/α,β-unsaturated/α-hetero) is 1. The van der Waals surface area contributed by atoms with Gasteiger partial charge in [0, 0.05) is 71.5 Å². The van der Waals surface area contributed by atoms with Crippen molar-refractivity contribution in [3.8, 4) is 0 Å². The van der Waals surface area contributed by atoms with Gasteiger partial charge in [-0.1, -0.05) is 334 Å². The number of carbonyl (C=O) groups is 3. The number of carbonyl (C=O) groups excluding carboxylic acids is 3. The first kappa shape index (κ1) is 115. The summed E-state index contributed by atoms with van der Waals surface area (Å²) < 4.78 is 0. The van der Waals surface area contributed by atoms with E-state index in [1.807, 2.05) is 34.9 Å². The number of unbranched alkanes of at least 4 members (excludes halogenated alkanes) is 21. The Hall–Kier alpha value is -0.366. The van der Waals surface area contributed by atoms with Crippen LogP contribution in [-0.2, 0) is 47.1 Å². The Bertz CT molecular complexity index is 1090. The van der Waals surface area contributed by atoms with Crippen molar-refractivity contribution in [3.63, 3.8) is 0 Å². The van der Waals surface area contributed by atoms with Gasteiger partial charge in [-0.25, -0.2) is 0 Å². The van der Waals surface area contributed by atoms with Crippen molar-refractivity contribution >= 4 is 17.6 Å². The molecule has 7 nitrogen and oxygen atoms in total. The molecule has 525 valence electrons. The number of ketones is 1. The van der Waals surface area contributed by atoms with Crippen LogP contribution in [0.3, 0.4) is 0 Å². The van der Waals surface area contributed by atoms with Crippen molar-refractivity contribution in [2.45, 2.75) is 392 Å². The summed E-state index contributed by atoms with van der Waals surface area (Å²) in [6.07, 6.45) is 47.2. The third-order valence-electron chi connectivity index (χ3n) is 13.4. The van der Waals surface area contributed by atoms with E-state index in [0.29, 0.717) is 31.0 Å². The van der Waals surface area contributed by atoms with E-state index in [-0.39, 0.29) is 81.7 Å². The standard InChI is InChI=1S/C13H27NO.C13H26O.C11H23NO.C11H25N.C11H24.C9H21N.C4H9.4CH4.CH3.Y/c1-4-13(15)14-11-9-7-5-6-8-10-12(2)3;1-4-13(14)11-9-7-5-6-8-10-12(2)3;1-4-11(13)12-9-7-5-6-8-10(2)3;1-11(2)9-7-5-4-6-8-10-12-3;1-4-5-6-7-8-9-10-11(2)3;1-9(2)7-5-4-6-8-10-3;1-4(2)3;;;;;;/h12H,4-11H2,1-3H3,(H,14,15);12H,4-11H2,1-3H3;10H,4-9H2,1-3H3,(H,12,13);11-12H,4-10H2,1-3H3;11H,4-10H2,1-3H3;9-10H,4-8H2,1-3H3;4H,1H2,2-3H3;4*1H4;1H3;/q;;;;;;-1;;;;;-1;. The quantitative estimate of drug-likeness (QED) is 0.0360. The van der Waals surface area contributed by atoms with Gasteiger partial charge in [-0.2, -0.15) is 5.92 Å². The number of rotatable bonds is 46. The minimum atomic E-state index is 0. The summed E-state index contributed by atoms with van der Waals surface area (Å²) in [4.78, 5) is 32.7. The van der Waals surface area contributed by atoms with E-state index in [9.17, 15) is 14.4 Å². The normalized spacial score (nSPS) is 9.93. The van der Waals surface area contributed by atoms with Gasteiger partial charge in [-0.3, -0.25) is 14.4 Å². The molecule has 0 unspecified atom stereocenters. The van der Waals surface area contributed by atoms with Crippen molar-refractivity contribution in [2.75, 3.05) is 40.3 Å². The van der Waals surface area contributed by atoms with Crippen molar-refractivity contribution in [3.05, 3.63) is 14.4 Å². The fourth-order valence-electron chi connectivity index (χ4n) is 8.10. The van der Waals surface area contributed by atoms with E-state index in [1.54, 1.807) is 0 Å². The van der Waals surface area contributed by atoms with Crippen molar-refractivity contribution in [2.24, 2.45) is 41.4 Å². The predicted octanol–water partition coefficient (Wildman–Crippen LogP) is 25.1. The fraction of sp³-hybridized carbons (Fsp3) is 0.935. The molecule has 2 amide bonds. The second-order valence-corrected chi connectivity index (χ2v) is 25.9. The first-order valence-electron chi connectivity index (χ1n) is 34.7. The van der Waals surface area contributed by atoms with Crippen LogP contribution in [0.25, 0.3) is 0 Å². The number of nitrogens with one attached hydrogen (secondary N) is 4. The summed E-state index contributed by atoms with van der Waals surface area (Å²) in [5.41, 5.74) is 0. The molecule has 0 aromatic carbocycles. The van der Waals surface area contributed by atoms with Gasteiger partial charge in [0.15, 0.2) is 0 Å². The molecule has 0 aliphatic rings. The zero-order chi connectivity index (χ0) is 61.6. The predicted molar refractivity (Wildman–Crippen MR) is 395 cm³/mol. The molecule has 0 saturated heterocycles. The van der Waals surface area contributed by atoms with Crippen LogP contribution < -0.4 is 21.3 Å². The van der Waals surface area contributed by atoms with Crippen molar-refractivity contribution < 1.29 is 47.1 Å². The van der Waals surface area contributed by atoms with Crippen LogP contribution >= 0.6 is 0 Å². The van der Waals surface area contributed by atoms with Crippen LogP contribution in [0.15, 0.2) is 0 Å². The molecule has 8 heteroatoms. The van der Waals surface area contributed by atoms with E-state index < -0.39 is 0 Å². The van der Waals surface area contributed by atoms with Gasteiger partial charge in [-0.05, 0) is 94.8 Å². The number of hydrogen-bond donors (Lipinski definition) is 4. The minimum Gasteiger partial charge on any atom is -0.358 e. The first-order valence-corrected chi connectivity index (χ1v) is 34.7. The van der Waals surface area contributed by atoms with E-state index in [2.05, 4.69) is 132 Å². The molecule has 0 rings (SSSR count). The molecule has 0 atom stereocenters. The van der Waals surface area contributed by atoms with Gasteiger partial charge in [0.05, 0.1) is 0 Å². The number of hydrogen-bond acceptors (Lipinski definition) is 5. The molecular weight excluding hydrogens is 1120 g/mol. The van der Waals surface area contributed by atoms with Gasteiger partial charge < -0.3 is 35.6 Å². The Morgan fingerprint density at radius 3 is 0.729 bits per heavy atom. The minimum absolute atomic E-state index is 0. The van der Waals surface area contributed by atoms with E-state index in [0.717, 1.165) is 74.3 Å². The molecule has 0 aromatic heterocycles. The Kier molecular flexibility index (Phi) is 139. The van der Waals surface area contributed by atoms with Crippen LogP contribution in [0.1, 0.15) is 392 Å². The SMILES string of the molecule is C.C.C.C.CCC(=O)CCCCCCCC(C)C.CCC(=O)NCCCCCC(C)C.CCC(=O)NCCCCCCCC(C)C.CCCCCCCCC(C)C.CNCCCCCC(C)C.CNCCCCCCCC(C)C.[CH2-]C(C)C.[CH3-].[Y]. The third-order valence-corrected chi connectivity index (χ3v) is 13.4. The molecule has 0 bridgehead atoms. The molecule has 0 aromatic rings. The molecule has 0 spiro atoms. The monoisotopic (exact) mass is 1290 g/mol. The van der Waals surface area contributed by atoms with E-state index >= 15 is 0 Å². The maximum atomic E-state index is 11.0. The summed E-state index contributed by atoms with van der Waals surface area (Å²) >= 11 is 0. The van der Waals surface area contributed by atoms with Crippen LogP contribution in [-0.4, -0.2) is 57.9 Å². The van der Waals surface area contributed by atoms with Gasteiger partial charge >= 0.3 is 0 Å². The largest absolute Gasteiger partial charge is 0.358 e. The average molecular weight is 1290 g/mol. The summed E-state index contributed by atoms with van der Waals surface area (Å²) in [6, 6.07) is 0. The summed E-state index contributed by atoms with van der Waals surface area (Å²) in [5, 5.41) is 12.1. The molecule has 0 heterocycles. The second kappa shape index (κ2) is 103. The Morgan fingerprint density at radius 1 is 0.318 bits per heavy atom. The first-order chi connectivity index (χ1) is 37.5. The Labute approximate surface area is 570 Å². The molecule has 0 aliphatic heterocycles.